The Balaban J connectivity index is 1.95. The van der Waals surface area contributed by atoms with Crippen LogP contribution < -0.4 is 15.2 Å². The molecule has 0 radical (unpaired) electrons. The molecule has 1 aromatic heterocycles. The number of nitrogens with zero attached hydrogens (tertiary/aromatic N) is 2. The molecule has 2 aromatic carbocycles. The van der Waals surface area contributed by atoms with E-state index in [1.807, 2.05) is 0 Å². The molecule has 0 fully saturated rings. The van der Waals surface area contributed by atoms with Crippen LogP contribution in [0.25, 0.3) is 0 Å². The van der Waals surface area contributed by atoms with Crippen LogP contribution in [0, 0.1) is 5.41 Å². The van der Waals surface area contributed by atoms with Crippen LogP contribution in [0.5, 0.6) is 11.5 Å². The zero-order chi connectivity index (χ0) is 20.3. The molecule has 0 saturated heterocycles. The summed E-state index contributed by atoms with van der Waals surface area (Å²) in [4.78, 5) is 0. The summed E-state index contributed by atoms with van der Waals surface area (Å²) >= 11 is 7.67. The number of ether oxygens (including phenoxy) is 1. The minimum absolute atomic E-state index is 0.0517. The molecule has 4 N–H and O–H groups in total. The van der Waals surface area contributed by atoms with Crippen LogP contribution in [0.1, 0.15) is 23.6 Å². The van der Waals surface area contributed by atoms with E-state index in [-0.39, 0.29) is 11.4 Å². The second-order valence-corrected chi connectivity index (χ2v) is 9.64. The summed E-state index contributed by atoms with van der Waals surface area (Å²) in [5.41, 5.74) is 10.7. The summed E-state index contributed by atoms with van der Waals surface area (Å²) in [6.45, 7) is 2.12. The van der Waals surface area contributed by atoms with E-state index < -0.39 is 0 Å². The van der Waals surface area contributed by atoms with Gasteiger partial charge in [-0.15, -0.1) is 21.5 Å². The molecule has 0 saturated carbocycles. The molecule has 28 heavy (non-hydrogen) atoms. The van der Waals surface area contributed by atoms with Crippen LogP contribution in [-0.2, 0) is 6.42 Å². The Morgan fingerprint density at radius 3 is 2.82 bits per heavy atom. The van der Waals surface area contributed by atoms with Crippen molar-refractivity contribution in [2.45, 2.75) is 19.0 Å². The van der Waals surface area contributed by atoms with Gasteiger partial charge < -0.3 is 15.6 Å². The van der Waals surface area contributed by atoms with Gasteiger partial charge in [-0.2, -0.15) is 0 Å². The zero-order valence-corrected chi connectivity index (χ0v) is 17.9. The molecule has 3 rings (SSSR count). The van der Waals surface area contributed by atoms with E-state index in [2.05, 4.69) is 17.1 Å². The van der Waals surface area contributed by atoms with E-state index in [1.54, 1.807) is 35.8 Å². The molecule has 1 heterocycles. The van der Waals surface area contributed by atoms with Crippen LogP contribution in [0.3, 0.4) is 0 Å². The lowest BCUT2D eigenvalue weighted by Gasteiger charge is -2.17. The topological polar surface area (TPSA) is 105 Å². The van der Waals surface area contributed by atoms with Gasteiger partial charge in [-0.25, -0.2) is 0 Å². The number of methoxy groups -OCH3 is 1. The van der Waals surface area contributed by atoms with Gasteiger partial charge in [0, 0.05) is 11.1 Å². The quantitative estimate of drug-likeness (QED) is 0.297. The number of hydrogen-bond donors (Lipinski definition) is 3. The lowest BCUT2D eigenvalue weighted by molar-refractivity contribution is 0.373. The summed E-state index contributed by atoms with van der Waals surface area (Å²) in [6.07, 6.45) is 0.677. The lowest BCUT2D eigenvalue weighted by atomic mass is 9.94. The molecule has 0 aliphatic heterocycles. The molecule has 3 aromatic rings. The zero-order valence-electron chi connectivity index (χ0n) is 15.4. The highest BCUT2D eigenvalue weighted by Crippen LogP contribution is 2.34. The van der Waals surface area contributed by atoms with Crippen molar-refractivity contribution in [3.8, 4) is 11.5 Å². The van der Waals surface area contributed by atoms with E-state index in [0.29, 0.717) is 48.3 Å². The summed E-state index contributed by atoms with van der Waals surface area (Å²) in [5.74, 6) is 0.375. The maximum atomic E-state index is 10.3. The first kappa shape index (κ1) is 20.5. The third kappa shape index (κ3) is 4.61. The fourth-order valence-corrected chi connectivity index (χ4v) is 5.20. The van der Waals surface area contributed by atoms with Gasteiger partial charge in [0.05, 0.1) is 23.5 Å². The van der Waals surface area contributed by atoms with E-state index in [0.717, 1.165) is 10.3 Å². The van der Waals surface area contributed by atoms with E-state index >= 15 is 0 Å². The number of phenolic OH excluding ortho intramolecular Hbond substituents is 1. The van der Waals surface area contributed by atoms with Crippen molar-refractivity contribution in [2.75, 3.05) is 12.8 Å². The number of nitrogens with two attached hydrogens (primary N) is 1. The van der Waals surface area contributed by atoms with E-state index in [9.17, 15) is 5.11 Å². The van der Waals surface area contributed by atoms with Crippen LogP contribution in [-0.4, -0.2) is 33.8 Å². The third-order valence-corrected chi connectivity index (χ3v) is 6.80. The van der Waals surface area contributed by atoms with Crippen molar-refractivity contribution in [3.63, 3.8) is 0 Å². The normalized spacial score (nSPS) is 12.4. The Morgan fingerprint density at radius 1 is 1.39 bits per heavy atom. The number of nitrogen functional groups attached to an aromatic ring is 1. The standard InChI is InChI=1S/C19H20ClN4O2PS/c1-10(27-19-24-23-9-28-19)5-12-7-16(25)17(26-2)8-13(12)18(22)11-3-4-15(21)14(20)6-11/h3-4,6-10,22,25,27H,5,21H2,1-2H3. The molecule has 0 spiro atoms. The summed E-state index contributed by atoms with van der Waals surface area (Å²) in [6, 6.07) is 8.48. The van der Waals surface area contributed by atoms with Gasteiger partial charge in [-0.1, -0.05) is 33.2 Å². The number of halogens is 1. The number of aromatic hydroxyl groups is 1. The van der Waals surface area contributed by atoms with Crippen molar-refractivity contribution in [1.29, 1.82) is 5.41 Å². The number of phenols is 1. The summed E-state index contributed by atoms with van der Waals surface area (Å²) < 4.78 is 6.24. The van der Waals surface area contributed by atoms with Gasteiger partial charge >= 0.3 is 0 Å². The molecular formula is C19H20ClN4O2PS. The largest absolute Gasteiger partial charge is 0.504 e. The van der Waals surface area contributed by atoms with Gasteiger partial charge in [-0.3, -0.25) is 5.41 Å². The number of hydrogen-bond acceptors (Lipinski definition) is 7. The third-order valence-electron chi connectivity index (χ3n) is 4.22. The van der Waals surface area contributed by atoms with Crippen molar-refractivity contribution < 1.29 is 9.84 Å². The Bertz CT molecular complexity index is 998. The summed E-state index contributed by atoms with van der Waals surface area (Å²) in [7, 11) is 1.99. The Hall–Kier alpha value is -2.21. The van der Waals surface area contributed by atoms with Gasteiger partial charge in [0.15, 0.2) is 11.5 Å². The Morgan fingerprint density at radius 2 is 2.18 bits per heavy atom. The second-order valence-electron chi connectivity index (χ2n) is 6.29. The van der Waals surface area contributed by atoms with E-state index in [4.69, 9.17) is 27.5 Å². The SMILES string of the molecule is COc1cc(C(=N)c2ccc(N)c(Cl)c2)c(CC(C)Pc2nncs2)cc1O. The predicted molar refractivity (Wildman–Crippen MR) is 117 cm³/mol. The second kappa shape index (κ2) is 8.86. The lowest BCUT2D eigenvalue weighted by Crippen LogP contribution is -2.12. The Labute approximate surface area is 174 Å². The average Bonchev–Trinajstić information content (AvgIpc) is 3.16. The number of benzene rings is 2. The molecule has 2 atom stereocenters. The van der Waals surface area contributed by atoms with Crippen LogP contribution in [0.2, 0.25) is 5.02 Å². The van der Waals surface area contributed by atoms with Crippen molar-refractivity contribution in [1.82, 2.24) is 10.2 Å². The molecule has 146 valence electrons. The molecule has 9 heteroatoms. The Kier molecular flexibility index (Phi) is 6.50. The van der Waals surface area contributed by atoms with Crippen LogP contribution in [0.15, 0.2) is 35.8 Å². The van der Waals surface area contributed by atoms with Gasteiger partial charge in [0.1, 0.15) is 10.3 Å². The van der Waals surface area contributed by atoms with Crippen molar-refractivity contribution in [2.24, 2.45) is 0 Å². The van der Waals surface area contributed by atoms with Gasteiger partial charge in [0.25, 0.3) is 0 Å². The van der Waals surface area contributed by atoms with Crippen molar-refractivity contribution >= 4 is 47.7 Å². The fourth-order valence-electron chi connectivity index (χ4n) is 2.84. The smallest absolute Gasteiger partial charge is 0.161 e. The van der Waals surface area contributed by atoms with Gasteiger partial charge in [0.2, 0.25) is 0 Å². The maximum Gasteiger partial charge on any atom is 0.161 e. The average molecular weight is 435 g/mol. The molecule has 2 unspecified atom stereocenters. The molecule has 6 nitrogen and oxygen atoms in total. The first-order valence-electron chi connectivity index (χ1n) is 8.46. The number of nitrogens with one attached hydrogen (secondary N) is 1. The van der Waals surface area contributed by atoms with E-state index in [1.165, 1.54) is 18.4 Å². The highest BCUT2D eigenvalue weighted by atomic mass is 35.5. The number of anilines is 1. The van der Waals surface area contributed by atoms with Crippen molar-refractivity contribution in [3.05, 3.63) is 57.6 Å². The summed E-state index contributed by atoms with van der Waals surface area (Å²) in [5, 5.41) is 27.4. The van der Waals surface area contributed by atoms with Crippen LogP contribution >= 0.6 is 31.5 Å². The molecule has 0 bridgehead atoms. The molecule has 0 aliphatic carbocycles. The first-order chi connectivity index (χ1) is 13.4. The van der Waals surface area contributed by atoms with Crippen LogP contribution in [0.4, 0.5) is 5.69 Å². The molecule has 0 amide bonds. The molecule has 0 aliphatic rings. The van der Waals surface area contributed by atoms with Gasteiger partial charge in [-0.05, 0) is 41.9 Å². The predicted octanol–water partition coefficient (Wildman–Crippen LogP) is 3.84. The maximum absolute atomic E-state index is 10.3. The number of rotatable bonds is 7. The first-order valence-corrected chi connectivity index (χ1v) is 10.8. The fraction of sp³-hybridized carbons (Fsp3) is 0.211. The highest BCUT2D eigenvalue weighted by Gasteiger charge is 2.18. The molecular weight excluding hydrogens is 415 g/mol. The number of aromatic nitrogens is 2. The monoisotopic (exact) mass is 434 g/mol. The minimum atomic E-state index is 0.0517. The minimum Gasteiger partial charge on any atom is -0.504 e. The highest BCUT2D eigenvalue weighted by molar-refractivity contribution is 7.56.